The summed E-state index contributed by atoms with van der Waals surface area (Å²) in [7, 11) is 0. The maximum absolute atomic E-state index is 13.7. The minimum atomic E-state index is -2.36. The van der Waals surface area contributed by atoms with Crippen molar-refractivity contribution in [3.8, 4) is 0 Å². The van der Waals surface area contributed by atoms with Crippen LogP contribution in [0.5, 0.6) is 0 Å². The van der Waals surface area contributed by atoms with Gasteiger partial charge in [-0.15, -0.1) is 6.58 Å². The highest BCUT2D eigenvalue weighted by molar-refractivity contribution is 5.13. The van der Waals surface area contributed by atoms with E-state index in [0.717, 1.165) is 12.5 Å². The van der Waals surface area contributed by atoms with Gasteiger partial charge in [0.05, 0.1) is 0 Å². The third kappa shape index (κ3) is 2.92. The van der Waals surface area contributed by atoms with Crippen LogP contribution in [0, 0.1) is 0 Å². The maximum atomic E-state index is 13.7. The second-order valence-electron chi connectivity index (χ2n) is 3.05. The van der Waals surface area contributed by atoms with Gasteiger partial charge >= 0.3 is 0 Å². The van der Waals surface area contributed by atoms with Crippen LogP contribution in [0.15, 0.2) is 25.1 Å². The standard InChI is InChI=1S/C10H16F2O/c1-4-6-7-10(12,8(3)11)9(13)5-2/h5,9,13H,2-4,6-7H2,1H3. The molecule has 0 aliphatic carbocycles. The van der Waals surface area contributed by atoms with Crippen molar-refractivity contribution in [2.75, 3.05) is 0 Å². The van der Waals surface area contributed by atoms with Crippen LogP contribution in [0.4, 0.5) is 8.78 Å². The smallest absolute Gasteiger partial charge is 0.190 e. The first-order valence-electron chi connectivity index (χ1n) is 4.33. The summed E-state index contributed by atoms with van der Waals surface area (Å²) in [5.74, 6) is -1.13. The van der Waals surface area contributed by atoms with Crippen LogP contribution >= 0.6 is 0 Å². The van der Waals surface area contributed by atoms with E-state index in [-0.39, 0.29) is 6.42 Å². The van der Waals surface area contributed by atoms with Crippen molar-refractivity contribution < 1.29 is 13.9 Å². The molecule has 0 fully saturated rings. The molecule has 0 aromatic rings. The number of halogens is 2. The molecule has 2 atom stereocenters. The average Bonchev–Trinajstić information content (AvgIpc) is 2.12. The highest BCUT2D eigenvalue weighted by Gasteiger charge is 2.39. The quantitative estimate of drug-likeness (QED) is 0.638. The molecule has 0 aromatic heterocycles. The Kier molecular flexibility index (Phi) is 4.85. The summed E-state index contributed by atoms with van der Waals surface area (Å²) in [6, 6.07) is 0. The molecule has 0 amide bonds. The van der Waals surface area contributed by atoms with Gasteiger partial charge in [-0.3, -0.25) is 0 Å². The first-order chi connectivity index (χ1) is 5.99. The highest BCUT2D eigenvalue weighted by atomic mass is 19.2. The maximum Gasteiger partial charge on any atom is 0.190 e. The van der Waals surface area contributed by atoms with Gasteiger partial charge in [0, 0.05) is 0 Å². The van der Waals surface area contributed by atoms with E-state index in [1.165, 1.54) is 0 Å². The molecule has 0 aliphatic heterocycles. The van der Waals surface area contributed by atoms with Gasteiger partial charge in [-0.1, -0.05) is 26.0 Å². The van der Waals surface area contributed by atoms with E-state index >= 15 is 0 Å². The topological polar surface area (TPSA) is 20.2 Å². The van der Waals surface area contributed by atoms with E-state index < -0.39 is 17.6 Å². The van der Waals surface area contributed by atoms with E-state index in [2.05, 4.69) is 13.2 Å². The summed E-state index contributed by atoms with van der Waals surface area (Å²) in [6.45, 7) is 7.98. The summed E-state index contributed by atoms with van der Waals surface area (Å²) in [5.41, 5.74) is -2.36. The second kappa shape index (κ2) is 5.12. The molecule has 13 heavy (non-hydrogen) atoms. The molecule has 0 rings (SSSR count). The Morgan fingerprint density at radius 1 is 1.69 bits per heavy atom. The molecule has 2 unspecified atom stereocenters. The number of hydrogen-bond donors (Lipinski definition) is 1. The molecule has 0 heterocycles. The normalized spacial score (nSPS) is 17.5. The van der Waals surface area contributed by atoms with Crippen LogP contribution in [-0.4, -0.2) is 16.9 Å². The number of unbranched alkanes of at least 4 members (excludes halogenated alkanes) is 1. The van der Waals surface area contributed by atoms with Gasteiger partial charge in [-0.25, -0.2) is 8.78 Å². The zero-order valence-corrected chi connectivity index (χ0v) is 7.89. The van der Waals surface area contributed by atoms with Crippen LogP contribution < -0.4 is 0 Å². The summed E-state index contributed by atoms with van der Waals surface area (Å²) < 4.78 is 26.4. The zero-order valence-electron chi connectivity index (χ0n) is 7.89. The monoisotopic (exact) mass is 190 g/mol. The van der Waals surface area contributed by atoms with E-state index in [9.17, 15) is 13.9 Å². The molecule has 0 bridgehead atoms. The minimum Gasteiger partial charge on any atom is -0.385 e. The van der Waals surface area contributed by atoms with Gasteiger partial charge < -0.3 is 5.11 Å². The molecule has 0 saturated heterocycles. The van der Waals surface area contributed by atoms with Crippen molar-refractivity contribution in [3.05, 3.63) is 25.1 Å². The van der Waals surface area contributed by atoms with E-state index in [1.807, 2.05) is 6.92 Å². The van der Waals surface area contributed by atoms with Crippen LogP contribution in [0.25, 0.3) is 0 Å². The Morgan fingerprint density at radius 2 is 2.23 bits per heavy atom. The molecule has 1 nitrogen and oxygen atoms in total. The summed E-state index contributed by atoms with van der Waals surface area (Å²) >= 11 is 0. The third-order valence-electron chi connectivity index (χ3n) is 2.04. The number of aliphatic hydroxyl groups excluding tert-OH is 1. The molecule has 0 aromatic carbocycles. The van der Waals surface area contributed by atoms with Gasteiger partial charge in [0.2, 0.25) is 0 Å². The lowest BCUT2D eigenvalue weighted by molar-refractivity contribution is 0.0255. The number of aliphatic hydroxyl groups is 1. The highest BCUT2D eigenvalue weighted by Crippen LogP contribution is 2.32. The number of rotatable bonds is 6. The summed E-state index contributed by atoms with van der Waals surface area (Å²) in [5, 5.41) is 9.18. The predicted octanol–water partition coefficient (Wildman–Crippen LogP) is 2.92. The Morgan fingerprint density at radius 3 is 2.54 bits per heavy atom. The second-order valence-corrected chi connectivity index (χ2v) is 3.05. The van der Waals surface area contributed by atoms with Gasteiger partial charge in [-0.05, 0) is 12.8 Å². The zero-order chi connectivity index (χ0) is 10.5. The lowest BCUT2D eigenvalue weighted by atomic mass is 9.91. The Bertz CT molecular complexity index is 191. The lowest BCUT2D eigenvalue weighted by Crippen LogP contribution is -2.37. The Balaban J connectivity index is 4.51. The van der Waals surface area contributed by atoms with Gasteiger partial charge in [-0.2, -0.15) is 0 Å². The van der Waals surface area contributed by atoms with Gasteiger partial charge in [0.15, 0.2) is 5.67 Å². The molecular weight excluding hydrogens is 174 g/mol. The van der Waals surface area contributed by atoms with Gasteiger partial charge in [0.25, 0.3) is 0 Å². The molecule has 0 saturated carbocycles. The van der Waals surface area contributed by atoms with Crippen molar-refractivity contribution in [2.45, 2.75) is 38.0 Å². The fourth-order valence-electron chi connectivity index (χ4n) is 1.06. The van der Waals surface area contributed by atoms with Crippen LogP contribution in [-0.2, 0) is 0 Å². The molecule has 3 heteroatoms. The predicted molar refractivity (Wildman–Crippen MR) is 49.8 cm³/mol. The van der Waals surface area contributed by atoms with Crippen LogP contribution in [0.2, 0.25) is 0 Å². The fraction of sp³-hybridized carbons (Fsp3) is 0.600. The lowest BCUT2D eigenvalue weighted by Gasteiger charge is -2.26. The third-order valence-corrected chi connectivity index (χ3v) is 2.04. The molecule has 0 radical (unpaired) electrons. The van der Waals surface area contributed by atoms with Crippen molar-refractivity contribution in [1.29, 1.82) is 0 Å². The largest absolute Gasteiger partial charge is 0.385 e. The Labute approximate surface area is 77.8 Å². The van der Waals surface area contributed by atoms with E-state index in [4.69, 9.17) is 0 Å². The molecular formula is C10H16F2O. The summed E-state index contributed by atoms with van der Waals surface area (Å²) in [6.07, 6.45) is 0.649. The summed E-state index contributed by atoms with van der Waals surface area (Å²) in [4.78, 5) is 0. The van der Waals surface area contributed by atoms with E-state index in [0.29, 0.717) is 6.42 Å². The van der Waals surface area contributed by atoms with Crippen LogP contribution in [0.3, 0.4) is 0 Å². The molecule has 76 valence electrons. The minimum absolute atomic E-state index is 0.0635. The SMILES string of the molecule is C=CC(O)C(F)(CCCC)C(=C)F. The van der Waals surface area contributed by atoms with Crippen molar-refractivity contribution in [3.63, 3.8) is 0 Å². The Hall–Kier alpha value is -0.700. The van der Waals surface area contributed by atoms with Crippen molar-refractivity contribution in [2.24, 2.45) is 0 Å². The first-order valence-corrected chi connectivity index (χ1v) is 4.33. The van der Waals surface area contributed by atoms with Crippen LogP contribution in [0.1, 0.15) is 26.2 Å². The fourth-order valence-corrected chi connectivity index (χ4v) is 1.06. The first kappa shape index (κ1) is 12.3. The molecule has 0 spiro atoms. The molecule has 1 N–H and O–H groups in total. The van der Waals surface area contributed by atoms with Gasteiger partial charge in [0.1, 0.15) is 11.9 Å². The average molecular weight is 190 g/mol. The number of hydrogen-bond acceptors (Lipinski definition) is 1. The van der Waals surface area contributed by atoms with Crippen molar-refractivity contribution in [1.82, 2.24) is 0 Å². The van der Waals surface area contributed by atoms with E-state index in [1.54, 1.807) is 0 Å². The van der Waals surface area contributed by atoms with Crippen molar-refractivity contribution >= 4 is 0 Å². The molecule has 0 aliphatic rings. The number of alkyl halides is 1.